The number of Topliss-reactive ketones (excluding diaryl/α,β-unsaturated/α-hetero) is 1. The van der Waals surface area contributed by atoms with Crippen molar-refractivity contribution in [1.82, 2.24) is 4.98 Å². The molecule has 0 spiro atoms. The van der Waals surface area contributed by atoms with E-state index in [2.05, 4.69) is 4.98 Å². The largest absolute Gasteiger partial charge is 0.299 e. The first-order valence-corrected chi connectivity index (χ1v) is 5.40. The minimum Gasteiger partial charge on any atom is -0.299 e. The van der Waals surface area contributed by atoms with Crippen LogP contribution in [0.4, 0.5) is 4.39 Å². The Hall–Kier alpha value is -2.03. The standard InChI is InChI=1S/C14H12FNO/c15-12-6-4-11(5-7-12)9-14(17)10-13-3-1-2-8-16-13/h1-8H,9-10H2. The fraction of sp³-hybridized carbons (Fsp3) is 0.143. The summed E-state index contributed by atoms with van der Waals surface area (Å²) in [4.78, 5) is 15.8. The van der Waals surface area contributed by atoms with E-state index in [1.165, 1.54) is 12.1 Å². The molecular weight excluding hydrogens is 217 g/mol. The molecular formula is C14H12FNO. The van der Waals surface area contributed by atoms with Gasteiger partial charge in [-0.3, -0.25) is 9.78 Å². The highest BCUT2D eigenvalue weighted by Crippen LogP contribution is 2.06. The van der Waals surface area contributed by atoms with Gasteiger partial charge in [-0.1, -0.05) is 18.2 Å². The molecule has 0 amide bonds. The average molecular weight is 229 g/mol. The van der Waals surface area contributed by atoms with Crippen LogP contribution in [0.5, 0.6) is 0 Å². The quantitative estimate of drug-likeness (QED) is 0.806. The normalized spacial score (nSPS) is 10.2. The monoisotopic (exact) mass is 229 g/mol. The van der Waals surface area contributed by atoms with Crippen molar-refractivity contribution in [3.05, 3.63) is 65.7 Å². The van der Waals surface area contributed by atoms with Crippen molar-refractivity contribution in [1.29, 1.82) is 0 Å². The molecule has 1 aromatic heterocycles. The molecule has 0 atom stereocenters. The highest BCUT2D eigenvalue weighted by molar-refractivity contribution is 5.82. The van der Waals surface area contributed by atoms with E-state index in [0.29, 0.717) is 12.8 Å². The van der Waals surface area contributed by atoms with Crippen LogP contribution < -0.4 is 0 Å². The van der Waals surface area contributed by atoms with E-state index in [0.717, 1.165) is 11.3 Å². The van der Waals surface area contributed by atoms with Gasteiger partial charge in [-0.25, -0.2) is 4.39 Å². The van der Waals surface area contributed by atoms with Crippen molar-refractivity contribution < 1.29 is 9.18 Å². The van der Waals surface area contributed by atoms with E-state index in [1.807, 2.05) is 18.2 Å². The Morgan fingerprint density at radius 1 is 1.06 bits per heavy atom. The van der Waals surface area contributed by atoms with Crippen molar-refractivity contribution >= 4 is 5.78 Å². The Kier molecular flexibility index (Phi) is 3.60. The molecule has 17 heavy (non-hydrogen) atoms. The molecule has 0 N–H and O–H groups in total. The Morgan fingerprint density at radius 3 is 2.47 bits per heavy atom. The minimum atomic E-state index is -0.286. The van der Waals surface area contributed by atoms with Gasteiger partial charge in [0.15, 0.2) is 0 Å². The highest BCUT2D eigenvalue weighted by atomic mass is 19.1. The van der Waals surface area contributed by atoms with Gasteiger partial charge in [0, 0.05) is 24.7 Å². The predicted octanol–water partition coefficient (Wildman–Crippen LogP) is 2.58. The van der Waals surface area contributed by atoms with Gasteiger partial charge in [-0.05, 0) is 29.8 Å². The highest BCUT2D eigenvalue weighted by Gasteiger charge is 2.05. The van der Waals surface area contributed by atoms with Gasteiger partial charge in [-0.15, -0.1) is 0 Å². The summed E-state index contributed by atoms with van der Waals surface area (Å²) in [5, 5.41) is 0. The van der Waals surface area contributed by atoms with Crippen LogP contribution in [-0.4, -0.2) is 10.8 Å². The Morgan fingerprint density at radius 2 is 1.82 bits per heavy atom. The van der Waals surface area contributed by atoms with Gasteiger partial charge in [0.1, 0.15) is 11.6 Å². The number of carbonyl (C=O) groups excluding carboxylic acids is 1. The van der Waals surface area contributed by atoms with Gasteiger partial charge in [0.25, 0.3) is 0 Å². The van der Waals surface area contributed by atoms with Crippen molar-refractivity contribution in [3.63, 3.8) is 0 Å². The second-order valence-corrected chi connectivity index (χ2v) is 3.84. The molecule has 0 saturated carbocycles. The average Bonchev–Trinajstić information content (AvgIpc) is 2.33. The summed E-state index contributed by atoms with van der Waals surface area (Å²) in [5.74, 6) is -0.207. The molecule has 2 nitrogen and oxygen atoms in total. The molecule has 0 aliphatic rings. The zero-order valence-electron chi connectivity index (χ0n) is 9.27. The lowest BCUT2D eigenvalue weighted by Crippen LogP contribution is -2.07. The Labute approximate surface area is 99.1 Å². The molecule has 0 aliphatic carbocycles. The molecule has 0 aliphatic heterocycles. The number of rotatable bonds is 4. The second-order valence-electron chi connectivity index (χ2n) is 3.84. The van der Waals surface area contributed by atoms with Gasteiger partial charge in [0.2, 0.25) is 0 Å². The van der Waals surface area contributed by atoms with Crippen LogP contribution in [0.2, 0.25) is 0 Å². The lowest BCUT2D eigenvalue weighted by Gasteiger charge is -2.01. The van der Waals surface area contributed by atoms with Gasteiger partial charge < -0.3 is 0 Å². The third-order valence-corrected chi connectivity index (χ3v) is 2.42. The number of pyridine rings is 1. The summed E-state index contributed by atoms with van der Waals surface area (Å²) in [7, 11) is 0. The molecule has 0 fully saturated rings. The summed E-state index contributed by atoms with van der Waals surface area (Å²) in [6, 6.07) is 11.5. The maximum absolute atomic E-state index is 12.7. The fourth-order valence-electron chi connectivity index (χ4n) is 1.60. The van der Waals surface area contributed by atoms with E-state index in [-0.39, 0.29) is 11.6 Å². The zero-order chi connectivity index (χ0) is 12.1. The van der Waals surface area contributed by atoms with Gasteiger partial charge in [0.05, 0.1) is 0 Å². The van der Waals surface area contributed by atoms with Crippen LogP contribution >= 0.6 is 0 Å². The molecule has 0 saturated heterocycles. The van der Waals surface area contributed by atoms with Crippen LogP contribution in [0.15, 0.2) is 48.7 Å². The number of hydrogen-bond donors (Lipinski definition) is 0. The van der Waals surface area contributed by atoms with Crippen LogP contribution in [0, 0.1) is 5.82 Å². The van der Waals surface area contributed by atoms with Gasteiger partial charge >= 0.3 is 0 Å². The van der Waals surface area contributed by atoms with Crippen LogP contribution in [-0.2, 0) is 17.6 Å². The van der Waals surface area contributed by atoms with E-state index in [1.54, 1.807) is 18.3 Å². The summed E-state index contributed by atoms with van der Waals surface area (Å²) < 4.78 is 12.7. The van der Waals surface area contributed by atoms with Crippen LogP contribution in [0.1, 0.15) is 11.3 Å². The molecule has 1 aromatic carbocycles. The molecule has 3 heteroatoms. The maximum Gasteiger partial charge on any atom is 0.143 e. The third-order valence-electron chi connectivity index (χ3n) is 2.42. The molecule has 86 valence electrons. The molecule has 1 heterocycles. The molecule has 2 aromatic rings. The number of ketones is 1. The predicted molar refractivity (Wildman–Crippen MR) is 63.1 cm³/mol. The fourth-order valence-corrected chi connectivity index (χ4v) is 1.60. The molecule has 0 radical (unpaired) electrons. The van der Waals surface area contributed by atoms with Crippen molar-refractivity contribution in [2.24, 2.45) is 0 Å². The van der Waals surface area contributed by atoms with E-state index >= 15 is 0 Å². The number of nitrogens with zero attached hydrogens (tertiary/aromatic N) is 1. The second kappa shape index (κ2) is 5.34. The number of hydrogen-bond acceptors (Lipinski definition) is 2. The van der Waals surface area contributed by atoms with Crippen LogP contribution in [0.25, 0.3) is 0 Å². The summed E-state index contributed by atoms with van der Waals surface area (Å²) in [5.41, 5.74) is 1.59. The SMILES string of the molecule is O=C(Cc1ccc(F)cc1)Cc1ccccn1. The molecule has 2 rings (SSSR count). The maximum atomic E-state index is 12.7. The Balaban J connectivity index is 1.96. The molecule has 0 unspecified atom stereocenters. The first-order chi connectivity index (χ1) is 8.24. The van der Waals surface area contributed by atoms with Crippen molar-refractivity contribution in [3.8, 4) is 0 Å². The minimum absolute atomic E-state index is 0.0790. The topological polar surface area (TPSA) is 30.0 Å². The van der Waals surface area contributed by atoms with Gasteiger partial charge in [-0.2, -0.15) is 0 Å². The van der Waals surface area contributed by atoms with E-state index in [4.69, 9.17) is 0 Å². The smallest absolute Gasteiger partial charge is 0.143 e. The summed E-state index contributed by atoms with van der Waals surface area (Å²) >= 11 is 0. The third kappa shape index (κ3) is 3.48. The number of benzene rings is 1. The first-order valence-electron chi connectivity index (χ1n) is 5.40. The number of carbonyl (C=O) groups is 1. The Bertz CT molecular complexity index is 493. The molecule has 0 bridgehead atoms. The summed E-state index contributed by atoms with van der Waals surface area (Å²) in [6.07, 6.45) is 2.30. The van der Waals surface area contributed by atoms with Crippen molar-refractivity contribution in [2.75, 3.05) is 0 Å². The number of halogens is 1. The summed E-state index contributed by atoms with van der Waals surface area (Å²) in [6.45, 7) is 0. The van der Waals surface area contributed by atoms with E-state index < -0.39 is 0 Å². The van der Waals surface area contributed by atoms with Crippen molar-refractivity contribution in [2.45, 2.75) is 12.8 Å². The lowest BCUT2D eigenvalue weighted by molar-refractivity contribution is -0.117. The first kappa shape index (κ1) is 11.5. The van der Waals surface area contributed by atoms with Crippen LogP contribution in [0.3, 0.4) is 0 Å². The van der Waals surface area contributed by atoms with E-state index in [9.17, 15) is 9.18 Å². The zero-order valence-corrected chi connectivity index (χ0v) is 9.27. The lowest BCUT2D eigenvalue weighted by atomic mass is 10.1. The number of aromatic nitrogens is 1.